The van der Waals surface area contributed by atoms with Gasteiger partial charge in [-0.1, -0.05) is 0 Å². The van der Waals surface area contributed by atoms with Crippen LogP contribution in [0.1, 0.15) is 37.7 Å². The zero-order valence-electron chi connectivity index (χ0n) is 32.2. The van der Waals surface area contributed by atoms with Crippen LogP contribution in [0.15, 0.2) is 43.2 Å². The van der Waals surface area contributed by atoms with Gasteiger partial charge < -0.3 is 41.2 Å². The summed E-state index contributed by atoms with van der Waals surface area (Å²) in [5.74, 6) is 0.964. The van der Waals surface area contributed by atoms with Crippen molar-refractivity contribution in [1.29, 1.82) is 0 Å². The monoisotopic (exact) mass is 781 g/mol. The lowest BCUT2D eigenvalue weighted by molar-refractivity contribution is -0.135. The van der Waals surface area contributed by atoms with Gasteiger partial charge in [0.05, 0.1) is 25.0 Å². The van der Waals surface area contributed by atoms with Crippen molar-refractivity contribution >= 4 is 51.6 Å². The van der Waals surface area contributed by atoms with E-state index >= 15 is 0 Å². The molecular weight excluding hydrogens is 731 g/mol. The molecule has 2 aliphatic rings. The number of anilines is 2. The Morgan fingerprint density at radius 3 is 2.35 bits per heavy atom. The van der Waals surface area contributed by atoms with E-state index in [0.717, 1.165) is 54.6 Å². The van der Waals surface area contributed by atoms with E-state index in [4.69, 9.17) is 21.3 Å². The van der Waals surface area contributed by atoms with Crippen molar-refractivity contribution in [3.05, 3.63) is 48.8 Å². The van der Waals surface area contributed by atoms with E-state index in [1.165, 1.54) is 6.33 Å². The number of hydrogen-bond donors (Lipinski definition) is 4. The Kier molecular flexibility index (Phi) is 13.1. The molecule has 19 heteroatoms. The number of rotatable bonds is 17. The molecule has 3 amide bonds. The van der Waals surface area contributed by atoms with Gasteiger partial charge in [0.1, 0.15) is 23.5 Å². The van der Waals surface area contributed by atoms with Crippen LogP contribution in [0.4, 0.5) is 11.8 Å². The van der Waals surface area contributed by atoms with Crippen LogP contribution in [0.2, 0.25) is 0 Å². The molecule has 2 fully saturated rings. The number of carbonyl (C=O) groups excluding carboxylic acids is 3. The van der Waals surface area contributed by atoms with Crippen LogP contribution in [0.3, 0.4) is 0 Å². The SMILES string of the molecule is NCc1cnc(N2CCN(C(=O)CCOCCN3CCN(C(=O)CCC(=O)NCCCCn4nc(-c5cnc6[nH]ccc6c5)c5c(N)ncnc54)CC3)CC2)nc1. The number of piperazine rings is 2. The number of nitrogen functional groups attached to an aromatic ring is 1. The Morgan fingerprint density at radius 1 is 0.825 bits per heavy atom. The number of nitrogens with zero attached hydrogens (tertiary/aromatic N) is 11. The van der Waals surface area contributed by atoms with Gasteiger partial charge in [0.15, 0.2) is 5.65 Å². The van der Waals surface area contributed by atoms with Gasteiger partial charge in [0.2, 0.25) is 23.7 Å². The van der Waals surface area contributed by atoms with Crippen LogP contribution in [-0.4, -0.2) is 151 Å². The minimum atomic E-state index is -0.136. The fraction of sp³-hybridized carbons (Fsp3) is 0.500. The van der Waals surface area contributed by atoms with E-state index in [1.54, 1.807) is 18.6 Å². The standard InChI is InChI=1S/C38H51N15O4/c39-22-27-23-44-38(45-24-27)52-16-14-51(15-17-52)32(56)6-19-57-20-18-49-10-12-50(13-11-49)31(55)4-3-30(54)41-7-1-2-9-53-37-33(35(40)46-26-47-37)34(48-53)29-21-28-5-8-42-36(28)43-25-29/h5,8,21,23-26H,1-4,6-7,9-20,22,39H2,(H,41,54)(H,42,43)(H2,40,46,47). The first-order valence-electron chi connectivity index (χ1n) is 19.6. The van der Waals surface area contributed by atoms with Gasteiger partial charge >= 0.3 is 0 Å². The maximum atomic E-state index is 12.9. The van der Waals surface area contributed by atoms with Gasteiger partial charge in [-0.25, -0.2) is 29.6 Å². The fourth-order valence-electron chi connectivity index (χ4n) is 7.15. The van der Waals surface area contributed by atoms with Crippen molar-refractivity contribution < 1.29 is 19.1 Å². The Labute approximate surface area is 330 Å². The number of aromatic amines is 1. The number of pyridine rings is 1. The third-order valence-corrected chi connectivity index (χ3v) is 10.5. The van der Waals surface area contributed by atoms with Crippen LogP contribution in [0.5, 0.6) is 0 Å². The molecule has 5 aromatic rings. The number of amides is 3. The maximum Gasteiger partial charge on any atom is 0.225 e. The molecule has 5 aromatic heterocycles. The van der Waals surface area contributed by atoms with E-state index in [0.29, 0.717) is 107 Å². The molecule has 302 valence electrons. The zero-order valence-corrected chi connectivity index (χ0v) is 32.2. The Balaban J connectivity index is 0.729. The molecule has 0 bridgehead atoms. The summed E-state index contributed by atoms with van der Waals surface area (Å²) in [7, 11) is 0. The van der Waals surface area contributed by atoms with E-state index in [1.807, 2.05) is 32.8 Å². The van der Waals surface area contributed by atoms with Crippen LogP contribution in [-0.2, 0) is 32.2 Å². The highest BCUT2D eigenvalue weighted by Crippen LogP contribution is 2.31. The van der Waals surface area contributed by atoms with Crippen molar-refractivity contribution in [2.75, 3.05) is 89.3 Å². The van der Waals surface area contributed by atoms with Crippen molar-refractivity contribution in [3.8, 4) is 11.3 Å². The first-order valence-corrected chi connectivity index (χ1v) is 19.6. The van der Waals surface area contributed by atoms with Crippen LogP contribution in [0.25, 0.3) is 33.3 Å². The highest BCUT2D eigenvalue weighted by Gasteiger charge is 2.24. The largest absolute Gasteiger partial charge is 0.383 e. The smallest absolute Gasteiger partial charge is 0.225 e. The number of nitrogens with two attached hydrogens (primary N) is 2. The highest BCUT2D eigenvalue weighted by molar-refractivity contribution is 5.99. The van der Waals surface area contributed by atoms with E-state index in [2.05, 4.69) is 45.0 Å². The van der Waals surface area contributed by atoms with Gasteiger partial charge in [-0.05, 0) is 25.0 Å². The molecule has 19 nitrogen and oxygen atoms in total. The molecule has 0 spiro atoms. The summed E-state index contributed by atoms with van der Waals surface area (Å²) >= 11 is 0. The molecule has 0 radical (unpaired) electrons. The summed E-state index contributed by atoms with van der Waals surface area (Å²) in [6, 6.07) is 3.96. The molecule has 7 heterocycles. The quantitative estimate of drug-likeness (QED) is 0.0955. The van der Waals surface area contributed by atoms with Crippen molar-refractivity contribution in [1.82, 2.24) is 59.7 Å². The number of H-pyrrole nitrogens is 1. The molecule has 0 unspecified atom stereocenters. The van der Waals surface area contributed by atoms with Gasteiger partial charge in [0.25, 0.3) is 0 Å². The number of aryl methyl sites for hydroxylation is 1. The lowest BCUT2D eigenvalue weighted by Gasteiger charge is -2.35. The summed E-state index contributed by atoms with van der Waals surface area (Å²) in [5.41, 5.74) is 15.7. The fourth-order valence-corrected chi connectivity index (χ4v) is 7.15. The number of hydrogen-bond acceptors (Lipinski definition) is 14. The van der Waals surface area contributed by atoms with E-state index in [-0.39, 0.29) is 30.6 Å². The van der Waals surface area contributed by atoms with Crippen LogP contribution in [0, 0.1) is 0 Å². The number of ether oxygens (including phenoxy) is 1. The van der Waals surface area contributed by atoms with Crippen molar-refractivity contribution in [2.24, 2.45) is 5.73 Å². The summed E-state index contributed by atoms with van der Waals surface area (Å²) in [4.78, 5) is 71.1. The lowest BCUT2D eigenvalue weighted by Crippen LogP contribution is -2.49. The summed E-state index contributed by atoms with van der Waals surface area (Å²) in [6.07, 6.45) is 10.7. The van der Waals surface area contributed by atoms with E-state index in [9.17, 15) is 14.4 Å². The predicted molar refractivity (Wildman–Crippen MR) is 213 cm³/mol. The molecule has 57 heavy (non-hydrogen) atoms. The zero-order chi connectivity index (χ0) is 39.6. The molecule has 2 aliphatic heterocycles. The number of unbranched alkanes of at least 4 members (excludes halogenated alkanes) is 1. The molecular formula is C38H51N15O4. The number of aromatic nitrogens is 8. The summed E-state index contributed by atoms with van der Waals surface area (Å²) in [5, 5.41) is 9.42. The average Bonchev–Trinajstić information content (AvgIpc) is 3.88. The first-order chi connectivity index (χ1) is 27.9. The third kappa shape index (κ3) is 9.97. The number of nitrogens with one attached hydrogen (secondary N) is 2. The van der Waals surface area contributed by atoms with Gasteiger partial charge in [-0.2, -0.15) is 5.10 Å². The second kappa shape index (κ2) is 18.9. The lowest BCUT2D eigenvalue weighted by atomic mass is 10.1. The van der Waals surface area contributed by atoms with Crippen LogP contribution >= 0.6 is 0 Å². The van der Waals surface area contributed by atoms with Gasteiger partial charge in [0, 0.05) is 133 Å². The van der Waals surface area contributed by atoms with Gasteiger partial charge in [-0.3, -0.25) is 19.3 Å². The Bertz CT molecular complexity index is 2120. The number of carbonyl (C=O) groups is 3. The average molecular weight is 782 g/mol. The van der Waals surface area contributed by atoms with E-state index < -0.39 is 0 Å². The molecule has 0 aromatic carbocycles. The summed E-state index contributed by atoms with van der Waals surface area (Å²) < 4.78 is 7.62. The molecule has 0 atom stereocenters. The Morgan fingerprint density at radius 2 is 1.58 bits per heavy atom. The minimum absolute atomic E-state index is 0.00842. The topological polar surface area (TPSA) is 236 Å². The Hall–Kier alpha value is -5.79. The molecule has 0 aliphatic carbocycles. The third-order valence-electron chi connectivity index (χ3n) is 10.5. The molecule has 0 saturated carbocycles. The summed E-state index contributed by atoms with van der Waals surface area (Å²) in [6.45, 7) is 8.47. The molecule has 2 saturated heterocycles. The second-order valence-corrected chi connectivity index (χ2v) is 14.3. The number of fused-ring (bicyclic) bond motifs is 2. The van der Waals surface area contributed by atoms with Crippen LogP contribution < -0.4 is 21.7 Å². The maximum absolute atomic E-state index is 12.9. The normalized spacial score (nSPS) is 15.1. The highest BCUT2D eigenvalue weighted by atomic mass is 16.5. The minimum Gasteiger partial charge on any atom is -0.383 e. The molecule has 7 rings (SSSR count). The predicted octanol–water partition coefficient (Wildman–Crippen LogP) is 0.777. The van der Waals surface area contributed by atoms with Crippen molar-refractivity contribution in [3.63, 3.8) is 0 Å². The van der Waals surface area contributed by atoms with Crippen molar-refractivity contribution in [2.45, 2.75) is 45.2 Å². The molecule has 6 N–H and O–H groups in total. The first kappa shape index (κ1) is 39.4. The second-order valence-electron chi connectivity index (χ2n) is 14.3. The van der Waals surface area contributed by atoms with Gasteiger partial charge in [-0.15, -0.1) is 0 Å².